The number of rotatable bonds is 5. The molecule has 0 bridgehead atoms. The third-order valence-corrected chi connectivity index (χ3v) is 6.42. The number of oxazole rings is 1. The van der Waals surface area contributed by atoms with Crippen LogP contribution in [0, 0.1) is 5.92 Å². The van der Waals surface area contributed by atoms with Gasteiger partial charge < -0.3 is 9.32 Å². The molecule has 3 rings (SSSR count). The van der Waals surface area contributed by atoms with Gasteiger partial charge in [-0.15, -0.1) is 0 Å². The monoisotopic (exact) mass is 426 g/mol. The lowest BCUT2D eigenvalue weighted by Gasteiger charge is -2.26. The van der Waals surface area contributed by atoms with Gasteiger partial charge in [0.25, 0.3) is 0 Å². The summed E-state index contributed by atoms with van der Waals surface area (Å²) in [6.07, 6.45) is 3.87. The van der Waals surface area contributed by atoms with Gasteiger partial charge in [0.2, 0.25) is 20.7 Å². The zero-order valence-corrected chi connectivity index (χ0v) is 16.9. The Morgan fingerprint density at radius 1 is 1.16 bits per heavy atom. The summed E-state index contributed by atoms with van der Waals surface area (Å²) in [6, 6.07) is 6.64. The Hall–Kier alpha value is -1.34. The Bertz CT molecular complexity index is 823. The second-order valence-corrected chi connectivity index (χ2v) is 9.60. The van der Waals surface area contributed by atoms with Crippen molar-refractivity contribution < 1.29 is 12.8 Å². The van der Waals surface area contributed by atoms with Gasteiger partial charge in [-0.2, -0.15) is 4.98 Å². The lowest BCUT2D eigenvalue weighted by molar-refractivity contribution is 0.439. The minimum atomic E-state index is -3.72. The van der Waals surface area contributed by atoms with Gasteiger partial charge in [-0.05, 0) is 49.4 Å². The zero-order chi connectivity index (χ0) is 18.0. The van der Waals surface area contributed by atoms with E-state index in [1.54, 1.807) is 24.3 Å². The lowest BCUT2D eigenvalue weighted by atomic mass is 10.1. The van der Waals surface area contributed by atoms with Crippen LogP contribution in [-0.4, -0.2) is 26.5 Å². The molecule has 0 amide bonds. The third-order valence-electron chi connectivity index (χ3n) is 4.23. The highest BCUT2D eigenvalue weighted by molar-refractivity contribution is 9.10. The second-order valence-electron chi connectivity index (χ2n) is 6.82. The third kappa shape index (κ3) is 4.08. The number of piperidine rings is 1. The number of halogens is 1. The fourth-order valence-corrected chi connectivity index (χ4v) is 4.58. The van der Waals surface area contributed by atoms with E-state index in [1.165, 1.54) is 0 Å². The Morgan fingerprint density at radius 2 is 1.80 bits per heavy atom. The van der Waals surface area contributed by atoms with Crippen molar-refractivity contribution >= 4 is 31.7 Å². The molecule has 1 aromatic heterocycles. The first-order chi connectivity index (χ1) is 11.9. The Labute approximate surface area is 157 Å². The van der Waals surface area contributed by atoms with Crippen molar-refractivity contribution in [2.45, 2.75) is 49.5 Å². The van der Waals surface area contributed by atoms with E-state index in [2.05, 4.69) is 34.8 Å². The van der Waals surface area contributed by atoms with Crippen molar-refractivity contribution in [1.29, 1.82) is 0 Å². The van der Waals surface area contributed by atoms with Crippen LogP contribution in [0.1, 0.15) is 39.0 Å². The highest BCUT2D eigenvalue weighted by atomic mass is 79.9. The predicted molar refractivity (Wildman–Crippen MR) is 101 cm³/mol. The van der Waals surface area contributed by atoms with E-state index >= 15 is 0 Å². The summed E-state index contributed by atoms with van der Waals surface area (Å²) in [4.78, 5) is 6.64. The number of anilines is 1. The van der Waals surface area contributed by atoms with Crippen molar-refractivity contribution in [3.8, 4) is 0 Å². The standard InChI is InChI=1S/C18H23BrN2O3S/c1-13(2)12-16-20-17(18(24-16)21-10-4-3-5-11-21)25(22,23)15-8-6-14(19)7-9-15/h6-9,13H,3-5,10-12H2,1-2H3. The molecule has 0 unspecified atom stereocenters. The average Bonchev–Trinajstić information content (AvgIpc) is 3.00. The maximum atomic E-state index is 13.1. The molecule has 0 atom stereocenters. The minimum absolute atomic E-state index is 0.0485. The summed E-state index contributed by atoms with van der Waals surface area (Å²) >= 11 is 3.34. The SMILES string of the molecule is CC(C)Cc1nc(S(=O)(=O)c2ccc(Br)cc2)c(N2CCCCC2)o1. The van der Waals surface area contributed by atoms with E-state index in [4.69, 9.17) is 4.42 Å². The molecular weight excluding hydrogens is 404 g/mol. The van der Waals surface area contributed by atoms with Crippen LogP contribution in [-0.2, 0) is 16.3 Å². The van der Waals surface area contributed by atoms with Crippen LogP contribution in [0.3, 0.4) is 0 Å². The molecule has 1 aliphatic rings. The largest absolute Gasteiger partial charge is 0.424 e. The summed E-state index contributed by atoms with van der Waals surface area (Å²) in [7, 11) is -3.72. The number of hydrogen-bond acceptors (Lipinski definition) is 5. The molecule has 1 aliphatic heterocycles. The molecule has 7 heteroatoms. The minimum Gasteiger partial charge on any atom is -0.424 e. The molecular formula is C18H23BrN2O3S. The molecule has 1 saturated heterocycles. The summed E-state index contributed by atoms with van der Waals surface area (Å²) < 4.78 is 33.0. The fourth-order valence-electron chi connectivity index (χ4n) is 2.97. The quantitative estimate of drug-likeness (QED) is 0.705. The Morgan fingerprint density at radius 3 is 2.40 bits per heavy atom. The average molecular weight is 427 g/mol. The number of nitrogens with zero attached hydrogens (tertiary/aromatic N) is 2. The van der Waals surface area contributed by atoms with Gasteiger partial charge >= 0.3 is 0 Å². The molecule has 0 aliphatic carbocycles. The summed E-state index contributed by atoms with van der Waals surface area (Å²) in [5.74, 6) is 1.24. The molecule has 5 nitrogen and oxygen atoms in total. The van der Waals surface area contributed by atoms with Crippen LogP contribution in [0.4, 0.5) is 5.88 Å². The fraction of sp³-hybridized carbons (Fsp3) is 0.500. The van der Waals surface area contributed by atoms with Gasteiger partial charge in [-0.25, -0.2) is 8.42 Å². The van der Waals surface area contributed by atoms with E-state index in [-0.39, 0.29) is 9.92 Å². The molecule has 0 N–H and O–H groups in total. The normalized spacial score (nSPS) is 15.8. The van der Waals surface area contributed by atoms with Crippen LogP contribution >= 0.6 is 15.9 Å². The first kappa shape index (κ1) is 18.5. The van der Waals surface area contributed by atoms with Gasteiger partial charge in [0.05, 0.1) is 4.90 Å². The van der Waals surface area contributed by atoms with Crippen LogP contribution < -0.4 is 4.90 Å². The van der Waals surface area contributed by atoms with Gasteiger partial charge in [0.1, 0.15) is 0 Å². The molecule has 2 aromatic rings. The Balaban J connectivity index is 2.05. The molecule has 1 fully saturated rings. The van der Waals surface area contributed by atoms with Crippen molar-refractivity contribution in [2.75, 3.05) is 18.0 Å². The maximum absolute atomic E-state index is 13.1. The van der Waals surface area contributed by atoms with E-state index in [0.717, 1.165) is 36.8 Å². The number of hydrogen-bond donors (Lipinski definition) is 0. The molecule has 2 heterocycles. The molecule has 25 heavy (non-hydrogen) atoms. The summed E-state index contributed by atoms with van der Waals surface area (Å²) in [5, 5.41) is 0.0485. The summed E-state index contributed by atoms with van der Waals surface area (Å²) in [6.45, 7) is 5.74. The van der Waals surface area contributed by atoms with Crippen molar-refractivity contribution in [1.82, 2.24) is 4.98 Å². The highest BCUT2D eigenvalue weighted by Crippen LogP contribution is 2.33. The van der Waals surface area contributed by atoms with Crippen LogP contribution in [0.2, 0.25) is 0 Å². The van der Waals surface area contributed by atoms with Crippen LogP contribution in [0.15, 0.2) is 43.1 Å². The van der Waals surface area contributed by atoms with Crippen LogP contribution in [0.25, 0.3) is 0 Å². The van der Waals surface area contributed by atoms with Gasteiger partial charge in [0, 0.05) is 24.0 Å². The number of benzene rings is 1. The van der Waals surface area contributed by atoms with Gasteiger partial charge in [0.15, 0.2) is 5.89 Å². The topological polar surface area (TPSA) is 63.4 Å². The lowest BCUT2D eigenvalue weighted by Crippen LogP contribution is -2.30. The summed E-state index contributed by atoms with van der Waals surface area (Å²) in [5.41, 5.74) is 0. The van der Waals surface area contributed by atoms with Gasteiger partial charge in [-0.1, -0.05) is 29.8 Å². The molecule has 0 saturated carbocycles. The van der Waals surface area contributed by atoms with E-state index in [0.29, 0.717) is 24.1 Å². The highest BCUT2D eigenvalue weighted by Gasteiger charge is 2.31. The van der Waals surface area contributed by atoms with Crippen LogP contribution in [0.5, 0.6) is 0 Å². The van der Waals surface area contributed by atoms with Crippen molar-refractivity contribution in [3.05, 3.63) is 34.6 Å². The molecule has 0 radical (unpaired) electrons. The van der Waals surface area contributed by atoms with Gasteiger partial charge in [-0.3, -0.25) is 0 Å². The first-order valence-corrected chi connectivity index (χ1v) is 10.9. The second kappa shape index (κ2) is 7.50. The Kier molecular flexibility index (Phi) is 5.53. The van der Waals surface area contributed by atoms with Crippen molar-refractivity contribution in [2.24, 2.45) is 5.92 Å². The maximum Gasteiger partial charge on any atom is 0.236 e. The van der Waals surface area contributed by atoms with E-state index in [9.17, 15) is 8.42 Å². The van der Waals surface area contributed by atoms with E-state index in [1.807, 2.05) is 4.90 Å². The molecule has 1 aromatic carbocycles. The van der Waals surface area contributed by atoms with Crippen molar-refractivity contribution in [3.63, 3.8) is 0 Å². The zero-order valence-electron chi connectivity index (χ0n) is 14.5. The smallest absolute Gasteiger partial charge is 0.236 e. The molecule has 0 spiro atoms. The number of sulfone groups is 1. The first-order valence-electron chi connectivity index (χ1n) is 8.63. The number of aromatic nitrogens is 1. The molecule has 136 valence electrons. The van der Waals surface area contributed by atoms with E-state index < -0.39 is 9.84 Å². The predicted octanol–water partition coefficient (Wildman–Crippen LogP) is 4.46.